The van der Waals surface area contributed by atoms with Crippen LogP contribution in [0.25, 0.3) is 0 Å². The molecule has 0 amide bonds. The van der Waals surface area contributed by atoms with Crippen molar-refractivity contribution in [2.24, 2.45) is 9.63 Å². The predicted molar refractivity (Wildman–Crippen MR) is 77.0 cm³/mol. The van der Waals surface area contributed by atoms with Crippen molar-refractivity contribution in [1.29, 1.82) is 0 Å². The molecular formula is C13H11BrN2O2S. The van der Waals surface area contributed by atoms with Gasteiger partial charge in [0.25, 0.3) is 10.0 Å². The summed E-state index contributed by atoms with van der Waals surface area (Å²) in [6.07, 6.45) is 0. The molecule has 0 aliphatic rings. The number of aryl methyl sites for hydroxylation is 1. The highest BCUT2D eigenvalue weighted by Crippen LogP contribution is 2.20. The van der Waals surface area contributed by atoms with E-state index in [9.17, 15) is 8.42 Å². The first kappa shape index (κ1) is 13.9. The van der Waals surface area contributed by atoms with E-state index in [4.69, 9.17) is 0 Å². The van der Waals surface area contributed by atoms with Crippen LogP contribution >= 0.6 is 15.9 Å². The van der Waals surface area contributed by atoms with E-state index in [0.717, 1.165) is 10.0 Å². The summed E-state index contributed by atoms with van der Waals surface area (Å²) in [5, 5.41) is 3.73. The summed E-state index contributed by atoms with van der Waals surface area (Å²) in [4.78, 5) is 0.138. The van der Waals surface area contributed by atoms with Gasteiger partial charge in [0.05, 0.1) is 10.6 Å². The molecule has 4 nitrogen and oxygen atoms in total. The standard InChI is InChI=1S/C13H11BrN2O2S/c1-10-2-8-13(9-3-10)19(17,18)16-15-12-6-4-11(14)5-7-12/h2-9H,1H3. The summed E-state index contributed by atoms with van der Waals surface area (Å²) < 4.78 is 28.2. The molecule has 0 N–H and O–H groups in total. The molecule has 98 valence electrons. The van der Waals surface area contributed by atoms with Crippen LogP contribution in [0.4, 0.5) is 5.69 Å². The number of benzene rings is 2. The van der Waals surface area contributed by atoms with E-state index in [1.165, 1.54) is 12.1 Å². The van der Waals surface area contributed by atoms with Gasteiger partial charge in [-0.15, -0.1) is 5.11 Å². The molecule has 0 unspecified atom stereocenters. The van der Waals surface area contributed by atoms with E-state index in [1.54, 1.807) is 36.4 Å². The lowest BCUT2D eigenvalue weighted by molar-refractivity contribution is 0.595. The van der Waals surface area contributed by atoms with Crippen molar-refractivity contribution in [3.05, 3.63) is 58.6 Å². The lowest BCUT2D eigenvalue weighted by Crippen LogP contribution is -1.95. The maximum atomic E-state index is 11.9. The van der Waals surface area contributed by atoms with Crippen molar-refractivity contribution < 1.29 is 8.42 Å². The molecule has 2 rings (SSSR count). The van der Waals surface area contributed by atoms with E-state index < -0.39 is 10.0 Å². The molecule has 0 radical (unpaired) electrons. The Morgan fingerprint density at radius 1 is 0.947 bits per heavy atom. The Morgan fingerprint density at radius 2 is 1.53 bits per heavy atom. The van der Waals surface area contributed by atoms with E-state index in [2.05, 4.69) is 25.6 Å². The Labute approximate surface area is 120 Å². The summed E-state index contributed by atoms with van der Waals surface area (Å²) >= 11 is 3.29. The number of nitrogens with zero attached hydrogens (tertiary/aromatic N) is 2. The minimum Gasteiger partial charge on any atom is -0.198 e. The maximum Gasteiger partial charge on any atom is 0.299 e. The van der Waals surface area contributed by atoms with Crippen LogP contribution in [-0.4, -0.2) is 8.42 Å². The molecule has 0 aromatic heterocycles. The van der Waals surface area contributed by atoms with Gasteiger partial charge in [-0.05, 0) is 43.3 Å². The molecule has 0 aliphatic heterocycles. The number of sulfonamides is 1. The highest BCUT2D eigenvalue weighted by atomic mass is 79.9. The number of hydrogen-bond donors (Lipinski definition) is 0. The Kier molecular flexibility index (Phi) is 4.11. The van der Waals surface area contributed by atoms with Crippen LogP contribution in [0.15, 0.2) is 67.5 Å². The fourth-order valence-corrected chi connectivity index (χ4v) is 2.41. The second kappa shape index (κ2) is 5.63. The molecular weight excluding hydrogens is 328 g/mol. The van der Waals surface area contributed by atoms with E-state index in [-0.39, 0.29) is 4.90 Å². The average molecular weight is 339 g/mol. The largest absolute Gasteiger partial charge is 0.299 e. The molecule has 0 aliphatic carbocycles. The number of hydrogen-bond acceptors (Lipinski definition) is 3. The Morgan fingerprint density at radius 3 is 2.11 bits per heavy atom. The van der Waals surface area contributed by atoms with Crippen molar-refractivity contribution in [1.82, 2.24) is 0 Å². The van der Waals surface area contributed by atoms with Crippen LogP contribution in [0.2, 0.25) is 0 Å². The van der Waals surface area contributed by atoms with E-state index >= 15 is 0 Å². The maximum absolute atomic E-state index is 11.9. The fraction of sp³-hybridized carbons (Fsp3) is 0.0769. The number of halogens is 1. The topological polar surface area (TPSA) is 58.9 Å². The fourth-order valence-electron chi connectivity index (χ4n) is 1.37. The van der Waals surface area contributed by atoms with Crippen molar-refractivity contribution >= 4 is 31.6 Å². The van der Waals surface area contributed by atoms with Crippen LogP contribution in [0.3, 0.4) is 0 Å². The first-order valence-electron chi connectivity index (χ1n) is 5.48. The van der Waals surface area contributed by atoms with Crippen molar-refractivity contribution in [2.75, 3.05) is 0 Å². The molecule has 0 saturated heterocycles. The Balaban J connectivity index is 2.26. The van der Waals surface area contributed by atoms with Gasteiger partial charge in [-0.2, -0.15) is 8.42 Å². The van der Waals surface area contributed by atoms with Crippen LogP contribution < -0.4 is 0 Å². The third kappa shape index (κ3) is 3.71. The van der Waals surface area contributed by atoms with Crippen molar-refractivity contribution in [3.8, 4) is 0 Å². The Bertz CT molecular complexity index is 692. The van der Waals surface area contributed by atoms with Gasteiger partial charge in [-0.1, -0.05) is 38.1 Å². The van der Waals surface area contributed by atoms with Crippen molar-refractivity contribution in [2.45, 2.75) is 11.8 Å². The van der Waals surface area contributed by atoms with E-state index in [1.807, 2.05) is 6.92 Å². The lowest BCUT2D eigenvalue weighted by Gasteiger charge is -1.98. The van der Waals surface area contributed by atoms with E-state index in [0.29, 0.717) is 5.69 Å². The van der Waals surface area contributed by atoms with Gasteiger partial charge in [0.2, 0.25) is 0 Å². The zero-order valence-electron chi connectivity index (χ0n) is 10.1. The predicted octanol–water partition coefficient (Wildman–Crippen LogP) is 4.23. The molecule has 0 heterocycles. The minimum atomic E-state index is -3.74. The van der Waals surface area contributed by atoms with Gasteiger partial charge in [0, 0.05) is 4.47 Å². The van der Waals surface area contributed by atoms with Crippen molar-refractivity contribution in [3.63, 3.8) is 0 Å². The molecule has 2 aromatic rings. The summed E-state index contributed by atoms with van der Waals surface area (Å²) in [5.41, 5.74) is 1.47. The normalized spacial score (nSPS) is 11.9. The van der Waals surface area contributed by atoms with Gasteiger partial charge in [0.1, 0.15) is 0 Å². The van der Waals surface area contributed by atoms with Crippen LogP contribution in [-0.2, 0) is 10.0 Å². The van der Waals surface area contributed by atoms with Gasteiger partial charge >= 0.3 is 0 Å². The first-order valence-corrected chi connectivity index (χ1v) is 7.71. The molecule has 19 heavy (non-hydrogen) atoms. The monoisotopic (exact) mass is 338 g/mol. The van der Waals surface area contributed by atoms with Gasteiger partial charge in [-0.25, -0.2) is 0 Å². The second-order valence-corrected chi connectivity index (χ2v) is 6.45. The summed E-state index contributed by atoms with van der Waals surface area (Å²) in [5.74, 6) is 0. The van der Waals surface area contributed by atoms with Crippen LogP contribution in [0.5, 0.6) is 0 Å². The molecule has 6 heteroatoms. The Hall–Kier alpha value is -1.53. The summed E-state index contributed by atoms with van der Waals surface area (Å²) in [7, 11) is -3.74. The third-order valence-electron chi connectivity index (χ3n) is 2.41. The average Bonchev–Trinajstić information content (AvgIpc) is 2.39. The molecule has 0 bridgehead atoms. The highest BCUT2D eigenvalue weighted by molar-refractivity contribution is 9.10. The zero-order chi connectivity index (χ0) is 13.9. The van der Waals surface area contributed by atoms with Gasteiger partial charge < -0.3 is 0 Å². The summed E-state index contributed by atoms with van der Waals surface area (Å²) in [6, 6.07) is 13.4. The molecule has 2 aromatic carbocycles. The summed E-state index contributed by atoms with van der Waals surface area (Å²) in [6.45, 7) is 1.89. The molecule has 0 spiro atoms. The molecule has 0 atom stereocenters. The minimum absolute atomic E-state index is 0.138. The lowest BCUT2D eigenvalue weighted by atomic mass is 10.2. The number of rotatable bonds is 3. The van der Waals surface area contributed by atoms with Gasteiger partial charge in [-0.3, -0.25) is 0 Å². The smallest absolute Gasteiger partial charge is 0.198 e. The zero-order valence-corrected chi connectivity index (χ0v) is 12.5. The SMILES string of the molecule is Cc1ccc(S(=O)(=O)N=Nc2ccc(Br)cc2)cc1. The quantitative estimate of drug-likeness (QED) is 0.786. The van der Waals surface area contributed by atoms with Crippen LogP contribution in [0, 0.1) is 6.92 Å². The van der Waals surface area contributed by atoms with Gasteiger partial charge in [0.15, 0.2) is 0 Å². The third-order valence-corrected chi connectivity index (χ3v) is 4.10. The van der Waals surface area contributed by atoms with Crippen LogP contribution in [0.1, 0.15) is 5.56 Å². The first-order chi connectivity index (χ1) is 8.97. The molecule has 0 saturated carbocycles. The highest BCUT2D eigenvalue weighted by Gasteiger charge is 2.12. The molecule has 0 fully saturated rings. The second-order valence-electron chi connectivity index (χ2n) is 3.95.